The lowest BCUT2D eigenvalue weighted by molar-refractivity contribution is -0.384. The van der Waals surface area contributed by atoms with Crippen molar-refractivity contribution in [2.45, 2.75) is 44.8 Å². The molecule has 0 saturated heterocycles. The van der Waals surface area contributed by atoms with Gasteiger partial charge in [-0.25, -0.2) is 5.43 Å². The summed E-state index contributed by atoms with van der Waals surface area (Å²) in [5.41, 5.74) is 4.05. The van der Waals surface area contributed by atoms with E-state index in [1.54, 1.807) is 24.3 Å². The number of nitrogens with one attached hydrogen (secondary N) is 2. The molecule has 0 spiro atoms. The van der Waals surface area contributed by atoms with E-state index < -0.39 is 4.92 Å². The largest absolute Gasteiger partial charge is 0.493 e. The first-order valence-corrected chi connectivity index (χ1v) is 11.5. The fraction of sp³-hybridized carbons (Fsp3) is 0.391. The summed E-state index contributed by atoms with van der Waals surface area (Å²) in [6.07, 6.45) is 7.45. The molecular weight excluding hydrogens is 492 g/mol. The molecule has 10 heteroatoms. The Labute approximate surface area is 200 Å². The summed E-state index contributed by atoms with van der Waals surface area (Å²) in [6, 6.07) is 10.1. The number of nitrogens with zero attached hydrogens (tertiary/aromatic N) is 2. The van der Waals surface area contributed by atoms with Crippen LogP contribution in [-0.4, -0.2) is 36.7 Å². The topological polar surface area (TPSA) is 115 Å². The molecule has 0 heterocycles. The monoisotopic (exact) mass is 518 g/mol. The van der Waals surface area contributed by atoms with Crippen LogP contribution in [0, 0.1) is 10.1 Å². The average molecular weight is 519 g/mol. The van der Waals surface area contributed by atoms with Crippen molar-refractivity contribution in [1.29, 1.82) is 0 Å². The fourth-order valence-corrected chi connectivity index (χ4v) is 4.16. The number of carbonyl (C=O) groups is 1. The summed E-state index contributed by atoms with van der Waals surface area (Å²) in [4.78, 5) is 22.4. The third kappa shape index (κ3) is 7.54. The summed E-state index contributed by atoms with van der Waals surface area (Å²) in [5, 5.41) is 18.1. The van der Waals surface area contributed by atoms with Gasteiger partial charge in [-0.1, -0.05) is 19.3 Å². The SMILES string of the molecule is COc1cc(/C=N\NC(=O)CNC2CCCCC2)cc(Br)c1OCc1ccc([N+](=O)[O-])cc1. The van der Waals surface area contributed by atoms with Crippen LogP contribution in [0.5, 0.6) is 11.5 Å². The number of methoxy groups -OCH3 is 1. The minimum Gasteiger partial charge on any atom is -0.493 e. The van der Waals surface area contributed by atoms with Crippen LogP contribution in [0.15, 0.2) is 46.0 Å². The van der Waals surface area contributed by atoms with Crippen LogP contribution < -0.4 is 20.2 Å². The van der Waals surface area contributed by atoms with Gasteiger partial charge in [0.2, 0.25) is 0 Å². The summed E-state index contributed by atoms with van der Waals surface area (Å²) in [5.74, 6) is 0.789. The standard InChI is InChI=1S/C23H27BrN4O5/c1-32-21-12-17(13-26-27-22(29)14-25-18-5-3-2-4-6-18)11-20(24)23(21)33-15-16-7-9-19(10-8-16)28(30)31/h7-13,18,25H,2-6,14-15H2,1H3,(H,27,29)/b26-13-. The molecule has 3 rings (SSSR count). The molecule has 0 radical (unpaired) electrons. The molecule has 2 aromatic rings. The number of halogens is 1. The average Bonchev–Trinajstić information content (AvgIpc) is 2.82. The highest BCUT2D eigenvalue weighted by Gasteiger charge is 2.14. The molecule has 0 unspecified atom stereocenters. The first-order chi connectivity index (χ1) is 16.0. The predicted molar refractivity (Wildman–Crippen MR) is 129 cm³/mol. The number of hydrogen-bond acceptors (Lipinski definition) is 7. The van der Waals surface area contributed by atoms with Gasteiger partial charge in [0, 0.05) is 18.2 Å². The maximum atomic E-state index is 12.0. The number of hydrogen-bond donors (Lipinski definition) is 2. The van der Waals surface area contributed by atoms with Crippen molar-refractivity contribution in [3.8, 4) is 11.5 Å². The number of carbonyl (C=O) groups excluding carboxylic acids is 1. The summed E-state index contributed by atoms with van der Waals surface area (Å²) >= 11 is 3.48. The molecule has 9 nitrogen and oxygen atoms in total. The predicted octanol–water partition coefficient (Wildman–Crippen LogP) is 4.32. The number of nitro benzene ring substituents is 1. The number of rotatable bonds is 10. The molecular formula is C23H27BrN4O5. The van der Waals surface area contributed by atoms with Gasteiger partial charge in [-0.3, -0.25) is 14.9 Å². The second-order valence-corrected chi connectivity index (χ2v) is 8.61. The second kappa shape index (κ2) is 12.3. The van der Waals surface area contributed by atoms with Crippen molar-refractivity contribution in [2.75, 3.05) is 13.7 Å². The quantitative estimate of drug-likeness (QED) is 0.275. The Balaban J connectivity index is 1.55. The molecule has 1 amide bonds. The number of amides is 1. The smallest absolute Gasteiger partial charge is 0.269 e. The van der Waals surface area contributed by atoms with E-state index in [-0.39, 0.29) is 24.7 Å². The van der Waals surface area contributed by atoms with Gasteiger partial charge in [-0.15, -0.1) is 0 Å². The molecule has 1 aliphatic carbocycles. The molecule has 1 aliphatic rings. The first kappa shape index (κ1) is 24.7. The van der Waals surface area contributed by atoms with Crippen molar-refractivity contribution < 1.29 is 19.2 Å². The maximum absolute atomic E-state index is 12.0. The van der Waals surface area contributed by atoms with E-state index in [4.69, 9.17) is 9.47 Å². The third-order valence-corrected chi connectivity index (χ3v) is 5.93. The van der Waals surface area contributed by atoms with Crippen LogP contribution in [0.2, 0.25) is 0 Å². The van der Waals surface area contributed by atoms with Crippen molar-refractivity contribution in [3.63, 3.8) is 0 Å². The molecule has 0 aliphatic heterocycles. The Morgan fingerprint density at radius 3 is 2.64 bits per heavy atom. The highest BCUT2D eigenvalue weighted by molar-refractivity contribution is 9.10. The van der Waals surface area contributed by atoms with E-state index in [0.717, 1.165) is 18.4 Å². The van der Waals surface area contributed by atoms with Crippen molar-refractivity contribution in [1.82, 2.24) is 10.7 Å². The Kier molecular flexibility index (Phi) is 9.20. The second-order valence-electron chi connectivity index (χ2n) is 7.76. The number of nitro groups is 1. The Hall–Kier alpha value is -2.98. The van der Waals surface area contributed by atoms with E-state index in [1.165, 1.54) is 44.7 Å². The zero-order valence-electron chi connectivity index (χ0n) is 18.4. The molecule has 33 heavy (non-hydrogen) atoms. The van der Waals surface area contributed by atoms with Gasteiger partial charge in [0.1, 0.15) is 6.61 Å². The number of non-ortho nitro benzene ring substituents is 1. The molecule has 176 valence electrons. The highest BCUT2D eigenvalue weighted by atomic mass is 79.9. The van der Waals surface area contributed by atoms with E-state index in [2.05, 4.69) is 31.8 Å². The van der Waals surface area contributed by atoms with Gasteiger partial charge < -0.3 is 14.8 Å². The molecule has 0 atom stereocenters. The Bertz CT molecular complexity index is 991. The molecule has 0 aromatic heterocycles. The zero-order chi connectivity index (χ0) is 23.6. The first-order valence-electron chi connectivity index (χ1n) is 10.7. The summed E-state index contributed by atoms with van der Waals surface area (Å²) in [7, 11) is 1.53. The van der Waals surface area contributed by atoms with Gasteiger partial charge in [-0.05, 0) is 64.2 Å². The molecule has 2 aromatic carbocycles. The summed E-state index contributed by atoms with van der Waals surface area (Å²) in [6.45, 7) is 0.453. The van der Waals surface area contributed by atoms with Crippen LogP contribution in [-0.2, 0) is 11.4 Å². The van der Waals surface area contributed by atoms with Crippen LogP contribution in [0.4, 0.5) is 5.69 Å². The van der Waals surface area contributed by atoms with Gasteiger partial charge in [0.15, 0.2) is 11.5 Å². The van der Waals surface area contributed by atoms with Crippen molar-refractivity contribution in [2.24, 2.45) is 5.10 Å². The van der Waals surface area contributed by atoms with Crippen LogP contribution >= 0.6 is 15.9 Å². The van der Waals surface area contributed by atoms with Crippen LogP contribution in [0.3, 0.4) is 0 Å². The maximum Gasteiger partial charge on any atom is 0.269 e. The molecule has 1 saturated carbocycles. The normalized spacial score (nSPS) is 14.2. The zero-order valence-corrected chi connectivity index (χ0v) is 20.0. The number of benzene rings is 2. The fourth-order valence-electron chi connectivity index (χ4n) is 3.59. The van der Waals surface area contributed by atoms with E-state index in [1.807, 2.05) is 0 Å². The van der Waals surface area contributed by atoms with Gasteiger partial charge in [0.05, 0.1) is 29.3 Å². The van der Waals surface area contributed by atoms with E-state index >= 15 is 0 Å². The van der Waals surface area contributed by atoms with E-state index in [0.29, 0.717) is 27.6 Å². The third-order valence-electron chi connectivity index (χ3n) is 5.34. The van der Waals surface area contributed by atoms with Crippen molar-refractivity contribution in [3.05, 3.63) is 62.1 Å². The van der Waals surface area contributed by atoms with E-state index in [9.17, 15) is 14.9 Å². The molecule has 0 bridgehead atoms. The van der Waals surface area contributed by atoms with Crippen molar-refractivity contribution >= 4 is 33.7 Å². The minimum atomic E-state index is -0.444. The van der Waals surface area contributed by atoms with Gasteiger partial charge in [0.25, 0.3) is 11.6 Å². The molecule has 1 fully saturated rings. The lowest BCUT2D eigenvalue weighted by Gasteiger charge is -2.22. The lowest BCUT2D eigenvalue weighted by atomic mass is 9.95. The Morgan fingerprint density at radius 2 is 1.97 bits per heavy atom. The molecule has 2 N–H and O–H groups in total. The number of hydrazone groups is 1. The van der Waals surface area contributed by atoms with Gasteiger partial charge in [-0.2, -0.15) is 5.10 Å². The highest BCUT2D eigenvalue weighted by Crippen LogP contribution is 2.37. The number of ether oxygens (including phenoxy) is 2. The summed E-state index contributed by atoms with van der Waals surface area (Å²) < 4.78 is 12.0. The van der Waals surface area contributed by atoms with Crippen LogP contribution in [0.25, 0.3) is 0 Å². The van der Waals surface area contributed by atoms with Gasteiger partial charge >= 0.3 is 0 Å². The lowest BCUT2D eigenvalue weighted by Crippen LogP contribution is -2.38. The Morgan fingerprint density at radius 1 is 1.24 bits per heavy atom. The minimum absolute atomic E-state index is 0.0259. The van der Waals surface area contributed by atoms with Crippen LogP contribution in [0.1, 0.15) is 43.2 Å².